The maximum Gasteiger partial charge on any atom is 0.472 e. The van der Waals surface area contributed by atoms with E-state index in [9.17, 15) is 43.2 Å². The van der Waals surface area contributed by atoms with E-state index in [1.54, 1.807) is 0 Å². The van der Waals surface area contributed by atoms with Crippen LogP contribution in [0.2, 0.25) is 0 Å². The van der Waals surface area contributed by atoms with Crippen molar-refractivity contribution < 1.29 is 80.2 Å². The second-order valence-corrected chi connectivity index (χ2v) is 33.0. The van der Waals surface area contributed by atoms with Crippen LogP contribution < -0.4 is 0 Å². The van der Waals surface area contributed by atoms with Gasteiger partial charge in [-0.2, -0.15) is 0 Å². The Kier molecular flexibility index (Phi) is 66.8. The van der Waals surface area contributed by atoms with Crippen LogP contribution in [-0.4, -0.2) is 96.7 Å². The van der Waals surface area contributed by atoms with Gasteiger partial charge in [-0.15, -0.1) is 0 Å². The second-order valence-electron chi connectivity index (χ2n) is 30.1. The van der Waals surface area contributed by atoms with Crippen LogP contribution in [0.1, 0.15) is 402 Å². The molecule has 0 aliphatic heterocycles. The minimum atomic E-state index is -4.96. The predicted molar refractivity (Wildman–Crippen MR) is 400 cm³/mol. The molecule has 98 heavy (non-hydrogen) atoms. The molecule has 582 valence electrons. The minimum Gasteiger partial charge on any atom is -0.462 e. The van der Waals surface area contributed by atoms with E-state index in [0.717, 1.165) is 114 Å². The van der Waals surface area contributed by atoms with Crippen molar-refractivity contribution in [3.05, 3.63) is 0 Å². The van der Waals surface area contributed by atoms with Gasteiger partial charge in [0.25, 0.3) is 0 Å². The van der Waals surface area contributed by atoms with Crippen molar-refractivity contribution in [2.75, 3.05) is 39.6 Å². The molecule has 0 aliphatic carbocycles. The Hall–Kier alpha value is -1.94. The van der Waals surface area contributed by atoms with Crippen molar-refractivity contribution in [1.82, 2.24) is 0 Å². The van der Waals surface area contributed by atoms with Crippen LogP contribution in [0.5, 0.6) is 0 Å². The lowest BCUT2D eigenvalue weighted by atomic mass is 9.99. The van der Waals surface area contributed by atoms with Gasteiger partial charge in [-0.25, -0.2) is 9.13 Å². The third-order valence-corrected chi connectivity index (χ3v) is 20.6. The van der Waals surface area contributed by atoms with Crippen LogP contribution in [0.4, 0.5) is 0 Å². The highest BCUT2D eigenvalue weighted by Crippen LogP contribution is 2.45. The first-order valence-corrected chi connectivity index (χ1v) is 43.7. The second kappa shape index (κ2) is 68.2. The Morgan fingerprint density at radius 3 is 0.724 bits per heavy atom. The highest BCUT2D eigenvalue weighted by atomic mass is 31.2. The topological polar surface area (TPSA) is 237 Å². The van der Waals surface area contributed by atoms with Gasteiger partial charge in [-0.3, -0.25) is 37.3 Å². The van der Waals surface area contributed by atoms with E-state index >= 15 is 0 Å². The first kappa shape index (κ1) is 96.1. The van der Waals surface area contributed by atoms with E-state index in [1.165, 1.54) is 199 Å². The summed E-state index contributed by atoms with van der Waals surface area (Å²) in [5, 5.41) is 10.6. The Balaban J connectivity index is 5.23. The van der Waals surface area contributed by atoms with Gasteiger partial charge in [0.15, 0.2) is 12.2 Å². The van der Waals surface area contributed by atoms with Crippen LogP contribution in [0.25, 0.3) is 0 Å². The molecule has 19 heteroatoms. The molecule has 0 radical (unpaired) electrons. The van der Waals surface area contributed by atoms with Gasteiger partial charge in [0, 0.05) is 25.7 Å². The summed E-state index contributed by atoms with van der Waals surface area (Å²) in [4.78, 5) is 72.9. The highest BCUT2D eigenvalue weighted by Gasteiger charge is 2.30. The van der Waals surface area contributed by atoms with Crippen molar-refractivity contribution in [2.24, 2.45) is 23.7 Å². The van der Waals surface area contributed by atoms with Crippen LogP contribution in [0.15, 0.2) is 0 Å². The number of aliphatic hydroxyl groups is 1. The Morgan fingerprint density at radius 1 is 0.286 bits per heavy atom. The third kappa shape index (κ3) is 71.1. The number of aliphatic hydroxyl groups excluding tert-OH is 1. The number of ether oxygens (including phenoxy) is 4. The lowest BCUT2D eigenvalue weighted by Gasteiger charge is -2.21. The molecule has 0 rings (SSSR count). The van der Waals surface area contributed by atoms with E-state index < -0.39 is 97.5 Å². The average Bonchev–Trinajstić information content (AvgIpc) is 1.24. The Bertz CT molecular complexity index is 1920. The Morgan fingerprint density at radius 2 is 0.490 bits per heavy atom. The fourth-order valence-electron chi connectivity index (χ4n) is 12.0. The number of rotatable bonds is 76. The molecule has 0 saturated carbocycles. The van der Waals surface area contributed by atoms with Crippen LogP contribution in [0, 0.1) is 23.7 Å². The number of carbonyl (C=O) groups is 4. The molecule has 0 heterocycles. The molecule has 0 amide bonds. The SMILES string of the molecule is CCC(C)CCCCCCCCCCCCCCCCC(=O)OC[C@H](COP(=O)(O)OC[C@@H](O)COP(=O)(O)OC[C@@H](COC(=O)CCCCCCCCC(C)C)OC(=O)CCCCCCCCCCCCC(C)C)OC(=O)CCCCCCCCCCCCCCCCCC(C)C. The lowest BCUT2D eigenvalue weighted by molar-refractivity contribution is -0.161. The molecule has 6 atom stereocenters. The summed E-state index contributed by atoms with van der Waals surface area (Å²) < 4.78 is 68.6. The average molecular weight is 1440 g/mol. The van der Waals surface area contributed by atoms with Crippen LogP contribution in [-0.2, 0) is 65.4 Å². The lowest BCUT2D eigenvalue weighted by Crippen LogP contribution is -2.30. The van der Waals surface area contributed by atoms with Gasteiger partial charge in [-0.1, -0.05) is 351 Å². The molecule has 3 unspecified atom stereocenters. The number of hydrogen-bond donors (Lipinski definition) is 3. The third-order valence-electron chi connectivity index (χ3n) is 18.7. The molecule has 0 saturated heterocycles. The zero-order valence-electron chi connectivity index (χ0n) is 64.4. The smallest absolute Gasteiger partial charge is 0.462 e. The molecule has 3 N–H and O–H groups in total. The predicted octanol–water partition coefficient (Wildman–Crippen LogP) is 23.2. The molecule has 0 fully saturated rings. The number of phosphoric acid groups is 2. The first-order valence-electron chi connectivity index (χ1n) is 40.7. The molecule has 0 spiro atoms. The molecule has 0 aromatic heterocycles. The fraction of sp³-hybridized carbons (Fsp3) is 0.949. The number of unbranched alkanes of at least 4 members (excludes halogenated alkanes) is 41. The number of esters is 4. The zero-order valence-corrected chi connectivity index (χ0v) is 66.2. The van der Waals surface area contributed by atoms with Crippen molar-refractivity contribution in [2.45, 2.75) is 420 Å². The van der Waals surface area contributed by atoms with Gasteiger partial charge in [0.1, 0.15) is 19.3 Å². The number of hydrogen-bond acceptors (Lipinski definition) is 15. The van der Waals surface area contributed by atoms with Crippen molar-refractivity contribution in [1.29, 1.82) is 0 Å². The largest absolute Gasteiger partial charge is 0.472 e. The van der Waals surface area contributed by atoms with Crippen molar-refractivity contribution in [3.63, 3.8) is 0 Å². The summed E-state index contributed by atoms with van der Waals surface area (Å²) in [6.07, 6.45) is 54.2. The quantitative estimate of drug-likeness (QED) is 0.0222. The van der Waals surface area contributed by atoms with E-state index in [-0.39, 0.29) is 25.7 Å². The van der Waals surface area contributed by atoms with E-state index in [4.69, 9.17) is 37.0 Å². The number of carbonyl (C=O) groups excluding carboxylic acids is 4. The summed E-state index contributed by atoms with van der Waals surface area (Å²) in [5.41, 5.74) is 0. The van der Waals surface area contributed by atoms with Gasteiger partial charge in [0.05, 0.1) is 26.4 Å². The van der Waals surface area contributed by atoms with E-state index in [1.807, 2.05) is 0 Å². The number of phosphoric ester groups is 2. The first-order chi connectivity index (χ1) is 47.1. The van der Waals surface area contributed by atoms with Crippen LogP contribution >= 0.6 is 15.6 Å². The molecular formula is C79H154O17P2. The van der Waals surface area contributed by atoms with E-state index in [0.29, 0.717) is 31.6 Å². The monoisotopic (exact) mass is 1440 g/mol. The summed E-state index contributed by atoms with van der Waals surface area (Å²) in [5.74, 6) is 0.965. The van der Waals surface area contributed by atoms with Crippen LogP contribution in [0.3, 0.4) is 0 Å². The molecule has 0 aliphatic rings. The van der Waals surface area contributed by atoms with E-state index in [2.05, 4.69) is 55.4 Å². The summed E-state index contributed by atoms with van der Waals surface area (Å²) >= 11 is 0. The Labute approximate surface area is 600 Å². The van der Waals surface area contributed by atoms with Gasteiger partial charge in [0.2, 0.25) is 0 Å². The summed E-state index contributed by atoms with van der Waals surface area (Å²) in [6.45, 7) is 14.2. The zero-order chi connectivity index (χ0) is 72.4. The highest BCUT2D eigenvalue weighted by molar-refractivity contribution is 7.47. The minimum absolute atomic E-state index is 0.105. The normalized spacial score (nSPS) is 14.3. The van der Waals surface area contributed by atoms with Gasteiger partial charge >= 0.3 is 39.5 Å². The van der Waals surface area contributed by atoms with Crippen molar-refractivity contribution in [3.8, 4) is 0 Å². The van der Waals surface area contributed by atoms with Gasteiger partial charge < -0.3 is 33.8 Å². The maximum atomic E-state index is 13.1. The van der Waals surface area contributed by atoms with Crippen molar-refractivity contribution >= 4 is 39.5 Å². The molecule has 0 bridgehead atoms. The maximum absolute atomic E-state index is 13.1. The summed E-state index contributed by atoms with van der Waals surface area (Å²) in [7, 11) is -9.92. The standard InChI is InChI=1S/C79H154O17P2/c1-9-72(8)58-50-42-33-27-20-16-13-14-17-21-28-34-43-51-59-76(81)89-65-74(95-78(83)61-53-45-35-29-22-18-12-10-11-15-19-25-31-39-47-55-69(2)3)67-93-97(85,86)91-63-73(80)64-92-98(87,88)94-68-75(66-90-77(82)60-52-44-38-37-41-49-57-71(6)7)96-79(84)62-54-46-36-30-24-23-26-32-40-48-56-70(4)5/h69-75,80H,9-68H2,1-8H3,(H,85,86)(H,87,88)/t72?,73-,74-,75-/m1/s1. The molecule has 17 nitrogen and oxygen atoms in total. The fourth-order valence-corrected chi connectivity index (χ4v) is 13.6. The van der Waals surface area contributed by atoms with Gasteiger partial charge in [-0.05, 0) is 49.4 Å². The summed E-state index contributed by atoms with van der Waals surface area (Å²) in [6, 6.07) is 0. The molecular weight excluding hydrogens is 1280 g/mol. The molecule has 0 aromatic carbocycles. The molecule has 0 aromatic rings.